The molecule has 2 aromatic carbocycles. The van der Waals surface area contributed by atoms with Crippen LogP contribution in [0, 0.1) is 6.92 Å². The highest BCUT2D eigenvalue weighted by molar-refractivity contribution is 7.10. The SMILES string of the molecule is Cc1ccc(C2c3ccsc3CCN2C(=O)CN(C(=O)c2ccc(C(C)(C)C)cc2)C(C)(C)C)cc1. The fourth-order valence-electron chi connectivity index (χ4n) is 4.80. The second-order valence-electron chi connectivity index (χ2n) is 11.8. The first-order chi connectivity index (χ1) is 16.9. The number of hydrogen-bond donors (Lipinski definition) is 0. The summed E-state index contributed by atoms with van der Waals surface area (Å²) in [6, 6.07) is 18.3. The van der Waals surface area contributed by atoms with Crippen molar-refractivity contribution in [3.05, 3.63) is 92.7 Å². The van der Waals surface area contributed by atoms with Crippen LogP contribution in [0.5, 0.6) is 0 Å². The predicted octanol–water partition coefficient (Wildman–Crippen LogP) is 6.77. The zero-order valence-electron chi connectivity index (χ0n) is 22.6. The number of nitrogens with zero attached hydrogens (tertiary/aromatic N) is 2. The Balaban J connectivity index is 1.62. The van der Waals surface area contributed by atoms with Crippen LogP contribution in [0.4, 0.5) is 0 Å². The zero-order chi connectivity index (χ0) is 26.3. The summed E-state index contributed by atoms with van der Waals surface area (Å²) in [5.74, 6) is -0.136. The Kier molecular flexibility index (Phi) is 7.16. The van der Waals surface area contributed by atoms with E-state index in [1.165, 1.54) is 21.6 Å². The van der Waals surface area contributed by atoms with Crippen LogP contribution >= 0.6 is 11.3 Å². The molecule has 0 spiro atoms. The lowest BCUT2D eigenvalue weighted by atomic mass is 9.86. The van der Waals surface area contributed by atoms with Crippen molar-refractivity contribution in [1.82, 2.24) is 9.80 Å². The Labute approximate surface area is 219 Å². The number of amides is 2. The topological polar surface area (TPSA) is 40.6 Å². The van der Waals surface area contributed by atoms with Gasteiger partial charge in [0, 0.05) is 22.5 Å². The second kappa shape index (κ2) is 9.85. The largest absolute Gasteiger partial charge is 0.330 e. The molecule has 0 radical (unpaired) electrons. The van der Waals surface area contributed by atoms with E-state index in [4.69, 9.17) is 0 Å². The Hall–Kier alpha value is -2.92. The molecule has 0 bridgehead atoms. The third-order valence-corrected chi connectivity index (χ3v) is 8.02. The highest BCUT2D eigenvalue weighted by atomic mass is 32.1. The molecule has 0 fully saturated rings. The number of benzene rings is 2. The van der Waals surface area contributed by atoms with Gasteiger partial charge in [-0.25, -0.2) is 0 Å². The van der Waals surface area contributed by atoms with Crippen molar-refractivity contribution >= 4 is 23.2 Å². The fraction of sp³-hybridized carbons (Fsp3) is 0.419. The maximum atomic E-state index is 13.9. The van der Waals surface area contributed by atoms with E-state index < -0.39 is 5.54 Å². The lowest BCUT2D eigenvalue weighted by molar-refractivity contribution is -0.135. The van der Waals surface area contributed by atoms with Gasteiger partial charge in [0.1, 0.15) is 6.54 Å². The second-order valence-corrected chi connectivity index (χ2v) is 12.8. The standard InChI is InChI=1S/C31H38N2O2S/c1-21-8-10-22(11-9-21)28-25-17-19-36-26(25)16-18-32(28)27(34)20-33(31(5,6)7)29(35)23-12-14-24(15-13-23)30(2,3)4/h8-15,17,19,28H,16,18,20H2,1-7H3. The number of hydrogen-bond acceptors (Lipinski definition) is 3. The molecule has 4 rings (SSSR count). The first kappa shape index (κ1) is 26.2. The number of thiophene rings is 1. The van der Waals surface area contributed by atoms with E-state index >= 15 is 0 Å². The molecule has 0 saturated carbocycles. The van der Waals surface area contributed by atoms with Crippen molar-refractivity contribution in [1.29, 1.82) is 0 Å². The Morgan fingerprint density at radius 1 is 0.944 bits per heavy atom. The van der Waals surface area contributed by atoms with Gasteiger partial charge in [0.25, 0.3) is 5.91 Å². The molecule has 1 aromatic heterocycles. The van der Waals surface area contributed by atoms with Gasteiger partial charge in [0.2, 0.25) is 5.91 Å². The minimum atomic E-state index is -0.502. The number of carbonyl (C=O) groups is 2. The highest BCUT2D eigenvalue weighted by Crippen LogP contribution is 2.38. The molecule has 0 saturated heterocycles. The van der Waals surface area contributed by atoms with Crippen molar-refractivity contribution < 1.29 is 9.59 Å². The van der Waals surface area contributed by atoms with Gasteiger partial charge in [-0.1, -0.05) is 62.7 Å². The molecular weight excluding hydrogens is 464 g/mol. The molecule has 4 nitrogen and oxygen atoms in total. The molecular formula is C31H38N2O2S. The molecule has 0 aliphatic carbocycles. The number of aryl methyl sites for hydroxylation is 1. The van der Waals surface area contributed by atoms with Crippen molar-refractivity contribution in [3.8, 4) is 0 Å². The number of carbonyl (C=O) groups excluding carboxylic acids is 2. The quantitative estimate of drug-likeness (QED) is 0.395. The van der Waals surface area contributed by atoms with E-state index in [1.54, 1.807) is 16.2 Å². The molecule has 190 valence electrons. The van der Waals surface area contributed by atoms with Crippen LogP contribution in [0.3, 0.4) is 0 Å². The van der Waals surface area contributed by atoms with Crippen LogP contribution < -0.4 is 0 Å². The van der Waals surface area contributed by atoms with E-state index in [0.717, 1.165) is 12.0 Å². The molecule has 0 N–H and O–H groups in total. The van der Waals surface area contributed by atoms with Crippen molar-refractivity contribution in [2.45, 2.75) is 71.9 Å². The summed E-state index contributed by atoms with van der Waals surface area (Å²) in [6.45, 7) is 15.2. The van der Waals surface area contributed by atoms with Gasteiger partial charge >= 0.3 is 0 Å². The van der Waals surface area contributed by atoms with Gasteiger partial charge < -0.3 is 9.80 Å². The van der Waals surface area contributed by atoms with Gasteiger partial charge in [0.15, 0.2) is 0 Å². The minimum absolute atomic E-state index is 0.0149. The van der Waals surface area contributed by atoms with Crippen LogP contribution in [-0.2, 0) is 16.6 Å². The average molecular weight is 503 g/mol. The van der Waals surface area contributed by atoms with E-state index in [1.807, 2.05) is 49.9 Å². The molecule has 1 atom stereocenters. The highest BCUT2D eigenvalue weighted by Gasteiger charge is 2.36. The maximum Gasteiger partial charge on any atom is 0.254 e. The van der Waals surface area contributed by atoms with Gasteiger partial charge in [-0.3, -0.25) is 9.59 Å². The van der Waals surface area contributed by atoms with Crippen LogP contribution in [0.2, 0.25) is 0 Å². The molecule has 2 amide bonds. The normalized spacial score (nSPS) is 16.0. The third kappa shape index (κ3) is 5.41. The Morgan fingerprint density at radius 2 is 1.58 bits per heavy atom. The molecule has 2 heterocycles. The summed E-state index contributed by atoms with van der Waals surface area (Å²) in [6.07, 6.45) is 0.846. The molecule has 5 heteroatoms. The summed E-state index contributed by atoms with van der Waals surface area (Å²) in [5.41, 5.74) is 4.81. The minimum Gasteiger partial charge on any atom is -0.330 e. The maximum absolute atomic E-state index is 13.9. The molecule has 36 heavy (non-hydrogen) atoms. The molecule has 1 aliphatic heterocycles. The van der Waals surface area contributed by atoms with Gasteiger partial charge in [-0.15, -0.1) is 11.3 Å². The Bertz CT molecular complexity index is 1230. The van der Waals surface area contributed by atoms with Crippen molar-refractivity contribution in [2.24, 2.45) is 0 Å². The first-order valence-corrected chi connectivity index (χ1v) is 13.6. The number of rotatable bonds is 4. The smallest absolute Gasteiger partial charge is 0.254 e. The predicted molar refractivity (Wildman–Crippen MR) is 149 cm³/mol. The molecule has 1 aliphatic rings. The average Bonchev–Trinajstić information content (AvgIpc) is 3.30. The first-order valence-electron chi connectivity index (χ1n) is 12.7. The third-order valence-electron chi connectivity index (χ3n) is 7.03. The van der Waals surface area contributed by atoms with Crippen molar-refractivity contribution in [2.75, 3.05) is 13.1 Å². The molecule has 1 unspecified atom stereocenters. The lowest BCUT2D eigenvalue weighted by Gasteiger charge is -2.40. The van der Waals surface area contributed by atoms with E-state index in [-0.39, 0.29) is 29.8 Å². The summed E-state index contributed by atoms with van der Waals surface area (Å²) >= 11 is 1.76. The summed E-state index contributed by atoms with van der Waals surface area (Å²) in [4.78, 5) is 32.6. The zero-order valence-corrected chi connectivity index (χ0v) is 23.4. The van der Waals surface area contributed by atoms with Gasteiger partial charge in [-0.05, 0) is 79.8 Å². The summed E-state index contributed by atoms with van der Waals surface area (Å²) in [7, 11) is 0. The Morgan fingerprint density at radius 3 is 2.17 bits per heavy atom. The fourth-order valence-corrected chi connectivity index (χ4v) is 5.71. The van der Waals surface area contributed by atoms with Crippen LogP contribution in [0.25, 0.3) is 0 Å². The van der Waals surface area contributed by atoms with Crippen molar-refractivity contribution in [3.63, 3.8) is 0 Å². The molecule has 3 aromatic rings. The van der Waals surface area contributed by atoms with Crippen LogP contribution in [-0.4, -0.2) is 40.2 Å². The van der Waals surface area contributed by atoms with Gasteiger partial charge in [0.05, 0.1) is 6.04 Å². The van der Waals surface area contributed by atoms with E-state index in [9.17, 15) is 9.59 Å². The summed E-state index contributed by atoms with van der Waals surface area (Å²) < 4.78 is 0. The van der Waals surface area contributed by atoms with E-state index in [2.05, 4.69) is 63.4 Å². The monoisotopic (exact) mass is 502 g/mol. The van der Waals surface area contributed by atoms with Gasteiger partial charge in [-0.2, -0.15) is 0 Å². The number of fused-ring (bicyclic) bond motifs is 1. The summed E-state index contributed by atoms with van der Waals surface area (Å²) in [5, 5.41) is 2.12. The van der Waals surface area contributed by atoms with E-state index in [0.29, 0.717) is 12.1 Å². The van der Waals surface area contributed by atoms with Crippen LogP contribution in [0.1, 0.15) is 85.1 Å². The lowest BCUT2D eigenvalue weighted by Crippen LogP contribution is -2.52. The van der Waals surface area contributed by atoms with Crippen LogP contribution in [0.15, 0.2) is 60.0 Å².